The predicted molar refractivity (Wildman–Crippen MR) is 99.5 cm³/mol. The number of rotatable bonds is 5. The molecule has 2 aromatic heterocycles. The molecule has 0 aliphatic heterocycles. The summed E-state index contributed by atoms with van der Waals surface area (Å²) in [5.41, 5.74) is 3.32. The Morgan fingerprint density at radius 3 is 2.46 bits per heavy atom. The third kappa shape index (κ3) is 4.03. The highest BCUT2D eigenvalue weighted by Gasteiger charge is 2.17. The van der Waals surface area contributed by atoms with Crippen molar-refractivity contribution in [1.82, 2.24) is 20.1 Å². The number of aromatic nitrogens is 3. The van der Waals surface area contributed by atoms with Gasteiger partial charge in [-0.2, -0.15) is 5.10 Å². The molecular formula is C20H20N4O2. The SMILES string of the molecule is Cc1ccc(-c2ccc(=O)n(C(C)C(=O)NCc3ccncc3)n2)cc1. The largest absolute Gasteiger partial charge is 0.350 e. The maximum absolute atomic E-state index is 12.4. The summed E-state index contributed by atoms with van der Waals surface area (Å²) in [6.07, 6.45) is 3.34. The van der Waals surface area contributed by atoms with E-state index in [9.17, 15) is 9.59 Å². The van der Waals surface area contributed by atoms with Crippen LogP contribution < -0.4 is 10.9 Å². The first-order valence-electron chi connectivity index (χ1n) is 8.38. The number of amides is 1. The Labute approximate surface area is 151 Å². The molecule has 1 aromatic carbocycles. The molecule has 132 valence electrons. The molecule has 3 aromatic rings. The molecule has 6 nitrogen and oxygen atoms in total. The standard InChI is InChI=1S/C20H20N4O2/c1-14-3-5-17(6-4-14)18-7-8-19(25)24(23-18)15(2)20(26)22-13-16-9-11-21-12-10-16/h3-12,15H,13H2,1-2H3,(H,22,26). The van der Waals surface area contributed by atoms with Crippen molar-refractivity contribution in [2.24, 2.45) is 0 Å². The summed E-state index contributed by atoms with van der Waals surface area (Å²) >= 11 is 0. The first kappa shape index (κ1) is 17.5. The minimum atomic E-state index is -0.713. The lowest BCUT2D eigenvalue weighted by Gasteiger charge is -2.15. The summed E-state index contributed by atoms with van der Waals surface area (Å²) in [7, 11) is 0. The Kier molecular flexibility index (Phi) is 5.22. The molecule has 2 heterocycles. The molecule has 0 bridgehead atoms. The summed E-state index contributed by atoms with van der Waals surface area (Å²) in [5, 5.41) is 7.21. The highest BCUT2D eigenvalue weighted by Crippen LogP contribution is 2.16. The molecule has 0 aliphatic carbocycles. The van der Waals surface area contributed by atoms with Crippen LogP contribution in [0.3, 0.4) is 0 Å². The molecule has 0 spiro atoms. The van der Waals surface area contributed by atoms with Crippen molar-refractivity contribution >= 4 is 5.91 Å². The highest BCUT2D eigenvalue weighted by atomic mass is 16.2. The number of hydrogen-bond donors (Lipinski definition) is 1. The van der Waals surface area contributed by atoms with E-state index >= 15 is 0 Å². The molecule has 0 fully saturated rings. The summed E-state index contributed by atoms with van der Waals surface area (Å²) in [4.78, 5) is 28.6. The monoisotopic (exact) mass is 348 g/mol. The maximum Gasteiger partial charge on any atom is 0.267 e. The van der Waals surface area contributed by atoms with Crippen LogP contribution in [-0.2, 0) is 11.3 Å². The minimum absolute atomic E-state index is 0.266. The Hall–Kier alpha value is -3.28. The summed E-state index contributed by atoms with van der Waals surface area (Å²) in [6.45, 7) is 4.04. The molecule has 1 N–H and O–H groups in total. The maximum atomic E-state index is 12.4. The smallest absolute Gasteiger partial charge is 0.267 e. The second kappa shape index (κ2) is 7.74. The zero-order valence-corrected chi connectivity index (χ0v) is 14.7. The summed E-state index contributed by atoms with van der Waals surface area (Å²) in [5.74, 6) is -0.266. The Balaban J connectivity index is 1.78. The summed E-state index contributed by atoms with van der Waals surface area (Å²) in [6, 6.07) is 13.9. The molecule has 1 unspecified atom stereocenters. The molecular weight excluding hydrogens is 328 g/mol. The first-order valence-corrected chi connectivity index (χ1v) is 8.38. The average Bonchev–Trinajstić information content (AvgIpc) is 2.67. The fraction of sp³-hybridized carbons (Fsp3) is 0.200. The molecule has 0 aliphatic rings. The van der Waals surface area contributed by atoms with Crippen LogP contribution in [-0.4, -0.2) is 20.7 Å². The van der Waals surface area contributed by atoms with Crippen molar-refractivity contribution in [3.8, 4) is 11.3 Å². The number of carbonyl (C=O) groups excluding carboxylic acids is 1. The van der Waals surface area contributed by atoms with Crippen LogP contribution in [0.4, 0.5) is 0 Å². The van der Waals surface area contributed by atoms with Gasteiger partial charge in [0.2, 0.25) is 5.91 Å². The van der Waals surface area contributed by atoms with Gasteiger partial charge in [0.05, 0.1) is 5.69 Å². The fourth-order valence-electron chi connectivity index (χ4n) is 2.53. The quantitative estimate of drug-likeness (QED) is 0.768. The lowest BCUT2D eigenvalue weighted by atomic mass is 10.1. The third-order valence-corrected chi connectivity index (χ3v) is 4.13. The van der Waals surface area contributed by atoms with E-state index < -0.39 is 6.04 Å². The van der Waals surface area contributed by atoms with E-state index in [0.717, 1.165) is 16.7 Å². The van der Waals surface area contributed by atoms with Gasteiger partial charge in [-0.15, -0.1) is 0 Å². The normalized spacial score (nSPS) is 11.8. The second-order valence-electron chi connectivity index (χ2n) is 6.12. The van der Waals surface area contributed by atoms with Gasteiger partial charge in [0.15, 0.2) is 0 Å². The van der Waals surface area contributed by atoms with Gasteiger partial charge < -0.3 is 5.32 Å². The van der Waals surface area contributed by atoms with E-state index in [2.05, 4.69) is 15.4 Å². The van der Waals surface area contributed by atoms with E-state index in [1.54, 1.807) is 25.4 Å². The number of nitrogens with one attached hydrogen (secondary N) is 1. The van der Waals surface area contributed by atoms with Gasteiger partial charge >= 0.3 is 0 Å². The molecule has 0 radical (unpaired) electrons. The Morgan fingerprint density at radius 2 is 1.77 bits per heavy atom. The van der Waals surface area contributed by atoms with Gasteiger partial charge in [-0.1, -0.05) is 29.8 Å². The van der Waals surface area contributed by atoms with E-state index in [1.165, 1.54) is 10.7 Å². The third-order valence-electron chi connectivity index (χ3n) is 4.13. The van der Waals surface area contributed by atoms with Crippen LogP contribution in [0.25, 0.3) is 11.3 Å². The van der Waals surface area contributed by atoms with E-state index in [-0.39, 0.29) is 11.5 Å². The number of nitrogens with zero attached hydrogens (tertiary/aromatic N) is 3. The van der Waals surface area contributed by atoms with Crippen LogP contribution in [0.1, 0.15) is 24.1 Å². The van der Waals surface area contributed by atoms with Gasteiger partial charge in [-0.3, -0.25) is 14.6 Å². The van der Waals surface area contributed by atoms with Gasteiger partial charge in [-0.25, -0.2) is 4.68 Å². The van der Waals surface area contributed by atoms with Crippen LogP contribution in [0.2, 0.25) is 0 Å². The number of carbonyl (C=O) groups is 1. The fourth-order valence-corrected chi connectivity index (χ4v) is 2.53. The van der Waals surface area contributed by atoms with Crippen LogP contribution in [0.15, 0.2) is 65.7 Å². The lowest BCUT2D eigenvalue weighted by molar-refractivity contribution is -0.124. The second-order valence-corrected chi connectivity index (χ2v) is 6.12. The Morgan fingerprint density at radius 1 is 1.08 bits per heavy atom. The summed E-state index contributed by atoms with van der Waals surface area (Å²) < 4.78 is 1.22. The molecule has 6 heteroatoms. The van der Waals surface area contributed by atoms with Crippen molar-refractivity contribution < 1.29 is 4.79 Å². The van der Waals surface area contributed by atoms with Crippen molar-refractivity contribution in [1.29, 1.82) is 0 Å². The molecule has 0 saturated heterocycles. The van der Waals surface area contributed by atoms with Crippen molar-refractivity contribution in [3.05, 3.63) is 82.4 Å². The van der Waals surface area contributed by atoms with Crippen LogP contribution >= 0.6 is 0 Å². The predicted octanol–water partition coefficient (Wildman–Crippen LogP) is 2.49. The first-order chi connectivity index (χ1) is 12.5. The number of aryl methyl sites for hydroxylation is 1. The van der Waals surface area contributed by atoms with Gasteiger partial charge in [0.1, 0.15) is 6.04 Å². The van der Waals surface area contributed by atoms with Gasteiger partial charge in [0, 0.05) is 30.6 Å². The van der Waals surface area contributed by atoms with Crippen molar-refractivity contribution in [2.75, 3.05) is 0 Å². The molecule has 1 atom stereocenters. The zero-order chi connectivity index (χ0) is 18.5. The van der Waals surface area contributed by atoms with Gasteiger partial charge in [-0.05, 0) is 37.6 Å². The van der Waals surface area contributed by atoms with Crippen LogP contribution in [0, 0.1) is 6.92 Å². The molecule has 3 rings (SSSR count). The Bertz CT molecular complexity index is 950. The van der Waals surface area contributed by atoms with Gasteiger partial charge in [0.25, 0.3) is 5.56 Å². The average molecular weight is 348 g/mol. The number of pyridine rings is 1. The van der Waals surface area contributed by atoms with E-state index in [0.29, 0.717) is 12.2 Å². The molecule has 0 saturated carbocycles. The van der Waals surface area contributed by atoms with Crippen molar-refractivity contribution in [2.45, 2.75) is 26.4 Å². The number of hydrogen-bond acceptors (Lipinski definition) is 4. The highest BCUT2D eigenvalue weighted by molar-refractivity contribution is 5.79. The number of benzene rings is 1. The zero-order valence-electron chi connectivity index (χ0n) is 14.7. The van der Waals surface area contributed by atoms with Crippen LogP contribution in [0.5, 0.6) is 0 Å². The molecule has 26 heavy (non-hydrogen) atoms. The van der Waals surface area contributed by atoms with Crippen molar-refractivity contribution in [3.63, 3.8) is 0 Å². The molecule has 1 amide bonds. The van der Waals surface area contributed by atoms with E-state index in [4.69, 9.17) is 0 Å². The minimum Gasteiger partial charge on any atom is -0.350 e. The topological polar surface area (TPSA) is 76.9 Å². The van der Waals surface area contributed by atoms with E-state index in [1.807, 2.05) is 43.3 Å². The lowest BCUT2D eigenvalue weighted by Crippen LogP contribution is -2.36.